The van der Waals surface area contributed by atoms with Gasteiger partial charge < -0.3 is 15.4 Å². The molecule has 0 radical (unpaired) electrons. The van der Waals surface area contributed by atoms with Crippen molar-refractivity contribution in [1.82, 2.24) is 0 Å². The van der Waals surface area contributed by atoms with Gasteiger partial charge in [-0.25, -0.2) is 4.39 Å². The Labute approximate surface area is 180 Å². The Morgan fingerprint density at radius 2 is 1.74 bits per heavy atom. The third kappa shape index (κ3) is 5.29. The zero-order valence-corrected chi connectivity index (χ0v) is 17.1. The van der Waals surface area contributed by atoms with Gasteiger partial charge in [-0.1, -0.05) is 18.6 Å². The monoisotopic (exact) mass is 424 g/mol. The molecule has 0 aromatic heterocycles. The quantitative estimate of drug-likeness (QED) is 0.646. The van der Waals surface area contributed by atoms with E-state index >= 15 is 0 Å². The van der Waals surface area contributed by atoms with Crippen LogP contribution in [0.3, 0.4) is 0 Å². The van der Waals surface area contributed by atoms with Crippen molar-refractivity contribution in [2.45, 2.75) is 32.1 Å². The lowest BCUT2D eigenvalue weighted by Gasteiger charge is -2.20. The number of carbonyl (C=O) groups is 3. The minimum Gasteiger partial charge on any atom is -0.456 e. The number of amides is 2. The lowest BCUT2D eigenvalue weighted by Crippen LogP contribution is -2.24. The van der Waals surface area contributed by atoms with E-state index in [1.807, 2.05) is 0 Å². The summed E-state index contributed by atoms with van der Waals surface area (Å²) in [7, 11) is 0. The molecule has 2 N–H and O–H groups in total. The third-order valence-electron chi connectivity index (χ3n) is 6.23. The van der Waals surface area contributed by atoms with Crippen LogP contribution >= 0.6 is 0 Å². The standard InChI is InChI=1S/C24H25FN2O4/c25-18-7-9-19(10-8-18)26-24(30)20-3-1-2-4-21(20)27-22(28)14-31-23(29)13-17-12-15-5-6-16(17)11-15/h1-4,7-10,15-17H,5-6,11-14H2,(H,26,30)(H,27,28)/t15-,16-,17-/m1/s1. The van der Waals surface area contributed by atoms with Gasteiger partial charge >= 0.3 is 5.97 Å². The molecule has 0 saturated heterocycles. The summed E-state index contributed by atoms with van der Waals surface area (Å²) in [4.78, 5) is 37.0. The number of fused-ring (bicyclic) bond motifs is 2. The van der Waals surface area contributed by atoms with Gasteiger partial charge in [-0.05, 0) is 73.4 Å². The Morgan fingerprint density at radius 3 is 2.45 bits per heavy atom. The molecule has 31 heavy (non-hydrogen) atoms. The molecule has 2 fully saturated rings. The van der Waals surface area contributed by atoms with E-state index in [0.29, 0.717) is 29.6 Å². The number of hydrogen-bond donors (Lipinski definition) is 2. The van der Waals surface area contributed by atoms with Gasteiger partial charge in [-0.3, -0.25) is 14.4 Å². The molecule has 0 spiro atoms. The summed E-state index contributed by atoms with van der Waals surface area (Å²) in [6.07, 6.45) is 5.13. The number of rotatable bonds is 7. The number of para-hydroxylation sites is 1. The molecule has 2 aromatic carbocycles. The Balaban J connectivity index is 1.29. The van der Waals surface area contributed by atoms with E-state index in [9.17, 15) is 18.8 Å². The zero-order valence-electron chi connectivity index (χ0n) is 17.1. The van der Waals surface area contributed by atoms with Crippen LogP contribution in [0.4, 0.5) is 15.8 Å². The van der Waals surface area contributed by atoms with Gasteiger partial charge in [0.05, 0.1) is 11.3 Å². The molecular weight excluding hydrogens is 399 g/mol. The van der Waals surface area contributed by atoms with Crippen molar-refractivity contribution in [3.63, 3.8) is 0 Å². The van der Waals surface area contributed by atoms with E-state index in [0.717, 1.165) is 12.3 Å². The molecule has 2 saturated carbocycles. The molecule has 6 nitrogen and oxygen atoms in total. The molecule has 2 amide bonds. The maximum Gasteiger partial charge on any atom is 0.306 e. The first-order valence-corrected chi connectivity index (χ1v) is 10.6. The minimum absolute atomic E-state index is 0.244. The molecule has 2 bridgehead atoms. The fourth-order valence-electron chi connectivity index (χ4n) is 4.75. The molecular formula is C24H25FN2O4. The number of ether oxygens (including phenoxy) is 1. The highest BCUT2D eigenvalue weighted by atomic mass is 19.1. The molecule has 2 aromatic rings. The predicted octanol–water partition coefficient (Wildman–Crippen LogP) is 4.39. The van der Waals surface area contributed by atoms with Crippen LogP contribution in [0, 0.1) is 23.6 Å². The van der Waals surface area contributed by atoms with E-state index in [1.165, 1.54) is 43.5 Å². The SMILES string of the molecule is O=C(COC(=O)C[C@H]1C[C@@H]2CC[C@@H]1C2)Nc1ccccc1C(=O)Nc1ccc(F)cc1. The van der Waals surface area contributed by atoms with Gasteiger partial charge in [0.2, 0.25) is 0 Å². The molecule has 0 aliphatic heterocycles. The fourth-order valence-corrected chi connectivity index (χ4v) is 4.75. The Morgan fingerprint density at radius 1 is 0.968 bits per heavy atom. The van der Waals surface area contributed by atoms with Crippen LogP contribution in [0.2, 0.25) is 0 Å². The van der Waals surface area contributed by atoms with Gasteiger partial charge in [0.15, 0.2) is 6.61 Å². The van der Waals surface area contributed by atoms with Gasteiger partial charge in [-0.15, -0.1) is 0 Å². The Hall–Kier alpha value is -3.22. The minimum atomic E-state index is -0.511. The number of anilines is 2. The van der Waals surface area contributed by atoms with E-state index in [-0.39, 0.29) is 11.5 Å². The van der Waals surface area contributed by atoms with Crippen LogP contribution in [0.15, 0.2) is 48.5 Å². The molecule has 0 unspecified atom stereocenters. The van der Waals surface area contributed by atoms with Crippen molar-refractivity contribution in [2.24, 2.45) is 17.8 Å². The Bertz CT molecular complexity index is 976. The molecule has 2 aliphatic rings. The summed E-state index contributed by atoms with van der Waals surface area (Å²) in [5.74, 6) is 0.0431. The van der Waals surface area contributed by atoms with E-state index in [4.69, 9.17) is 4.74 Å². The van der Waals surface area contributed by atoms with Crippen molar-refractivity contribution in [1.29, 1.82) is 0 Å². The van der Waals surface area contributed by atoms with Crippen LogP contribution in [-0.2, 0) is 14.3 Å². The van der Waals surface area contributed by atoms with E-state index < -0.39 is 24.2 Å². The van der Waals surface area contributed by atoms with Crippen LogP contribution in [0.1, 0.15) is 42.5 Å². The first kappa shape index (κ1) is 21.0. The summed E-state index contributed by atoms with van der Waals surface area (Å²) in [5, 5.41) is 5.29. The second kappa shape index (κ2) is 9.29. The highest BCUT2D eigenvalue weighted by Gasteiger charge is 2.40. The number of halogens is 1. The molecule has 162 valence electrons. The van der Waals surface area contributed by atoms with Crippen molar-refractivity contribution >= 4 is 29.2 Å². The maximum absolute atomic E-state index is 13.0. The van der Waals surface area contributed by atoms with Crippen molar-refractivity contribution in [3.05, 3.63) is 59.9 Å². The second-order valence-corrected chi connectivity index (χ2v) is 8.35. The van der Waals surface area contributed by atoms with E-state index in [1.54, 1.807) is 24.3 Å². The van der Waals surface area contributed by atoms with Crippen LogP contribution in [0.5, 0.6) is 0 Å². The largest absolute Gasteiger partial charge is 0.456 e. The normalized spacial score (nSPS) is 21.5. The van der Waals surface area contributed by atoms with Crippen LogP contribution in [0.25, 0.3) is 0 Å². The summed E-state index contributed by atoms with van der Waals surface area (Å²) in [6.45, 7) is -0.395. The topological polar surface area (TPSA) is 84.5 Å². The van der Waals surface area contributed by atoms with E-state index in [2.05, 4.69) is 10.6 Å². The first-order valence-electron chi connectivity index (χ1n) is 10.6. The van der Waals surface area contributed by atoms with Gasteiger partial charge in [0.1, 0.15) is 5.82 Å². The molecule has 2 aliphatic carbocycles. The summed E-state index contributed by atoms with van der Waals surface area (Å²) >= 11 is 0. The maximum atomic E-state index is 13.0. The Kier molecular flexibility index (Phi) is 6.30. The highest BCUT2D eigenvalue weighted by molar-refractivity contribution is 6.10. The van der Waals surface area contributed by atoms with Crippen molar-refractivity contribution in [2.75, 3.05) is 17.2 Å². The third-order valence-corrected chi connectivity index (χ3v) is 6.23. The second-order valence-electron chi connectivity index (χ2n) is 8.35. The number of carbonyl (C=O) groups excluding carboxylic acids is 3. The number of esters is 1. The lowest BCUT2D eigenvalue weighted by molar-refractivity contribution is -0.148. The highest BCUT2D eigenvalue weighted by Crippen LogP contribution is 2.49. The van der Waals surface area contributed by atoms with Crippen molar-refractivity contribution in [3.8, 4) is 0 Å². The molecule has 0 heterocycles. The average Bonchev–Trinajstić information content (AvgIpc) is 3.37. The molecule has 4 rings (SSSR count). The van der Waals surface area contributed by atoms with Gasteiger partial charge in [0.25, 0.3) is 11.8 Å². The summed E-state index contributed by atoms with van der Waals surface area (Å²) in [5.41, 5.74) is 0.979. The smallest absolute Gasteiger partial charge is 0.306 e. The van der Waals surface area contributed by atoms with Gasteiger partial charge in [0, 0.05) is 12.1 Å². The predicted molar refractivity (Wildman–Crippen MR) is 114 cm³/mol. The number of benzene rings is 2. The molecule has 3 atom stereocenters. The first-order chi connectivity index (χ1) is 15.0. The van der Waals surface area contributed by atoms with Crippen molar-refractivity contribution < 1.29 is 23.5 Å². The van der Waals surface area contributed by atoms with Gasteiger partial charge in [-0.2, -0.15) is 0 Å². The summed E-state index contributed by atoms with van der Waals surface area (Å²) < 4.78 is 18.2. The number of nitrogens with one attached hydrogen (secondary N) is 2. The number of hydrogen-bond acceptors (Lipinski definition) is 4. The van der Waals surface area contributed by atoms with Crippen LogP contribution in [-0.4, -0.2) is 24.4 Å². The van der Waals surface area contributed by atoms with Crippen LogP contribution < -0.4 is 10.6 Å². The fraction of sp³-hybridized carbons (Fsp3) is 0.375. The summed E-state index contributed by atoms with van der Waals surface area (Å²) in [6, 6.07) is 11.9. The lowest BCUT2D eigenvalue weighted by atomic mass is 9.86. The molecule has 7 heteroatoms. The zero-order chi connectivity index (χ0) is 21.8. The average molecular weight is 424 g/mol.